The van der Waals surface area contributed by atoms with Crippen LogP contribution in [-0.4, -0.2) is 31.9 Å². The van der Waals surface area contributed by atoms with Crippen molar-refractivity contribution in [3.05, 3.63) is 54.1 Å². The van der Waals surface area contributed by atoms with E-state index in [0.717, 1.165) is 16.3 Å². The van der Waals surface area contributed by atoms with Crippen molar-refractivity contribution in [1.82, 2.24) is 5.32 Å². The number of hydrogen-bond acceptors (Lipinski definition) is 3. The van der Waals surface area contributed by atoms with Gasteiger partial charge in [-0.25, -0.2) is 8.42 Å². The molecular formula is C17H17NO3S. The van der Waals surface area contributed by atoms with Crippen LogP contribution in [0.1, 0.15) is 12.0 Å². The van der Waals surface area contributed by atoms with Gasteiger partial charge in [0.2, 0.25) is 5.91 Å². The van der Waals surface area contributed by atoms with Gasteiger partial charge in [-0.3, -0.25) is 4.79 Å². The minimum atomic E-state index is -2.98. The van der Waals surface area contributed by atoms with Crippen molar-refractivity contribution in [2.24, 2.45) is 0 Å². The van der Waals surface area contributed by atoms with E-state index in [-0.39, 0.29) is 23.5 Å². The number of carbonyl (C=O) groups excluding carboxylic acids is 1. The van der Waals surface area contributed by atoms with Gasteiger partial charge < -0.3 is 5.32 Å². The fourth-order valence-corrected chi connectivity index (χ4v) is 4.39. The van der Waals surface area contributed by atoms with E-state index >= 15 is 0 Å². The number of carbonyl (C=O) groups is 1. The molecule has 0 radical (unpaired) electrons. The maximum absolute atomic E-state index is 11.9. The molecule has 1 N–H and O–H groups in total. The minimum absolute atomic E-state index is 0.0425. The minimum Gasteiger partial charge on any atom is -0.349 e. The second kappa shape index (κ2) is 5.93. The zero-order valence-corrected chi connectivity index (χ0v) is 12.8. The molecular weight excluding hydrogens is 298 g/mol. The summed E-state index contributed by atoms with van der Waals surface area (Å²) in [5.74, 6) is -0.0544. The SMILES string of the molecule is O=C(/C=C/c1cccc2ccccc12)NC1CCS(=O)(=O)C1. The fourth-order valence-electron chi connectivity index (χ4n) is 2.72. The third-order valence-electron chi connectivity index (χ3n) is 3.82. The smallest absolute Gasteiger partial charge is 0.244 e. The third kappa shape index (κ3) is 3.36. The summed E-state index contributed by atoms with van der Waals surface area (Å²) in [6.45, 7) is 0. The van der Waals surface area contributed by atoms with Crippen LogP contribution in [-0.2, 0) is 14.6 Å². The van der Waals surface area contributed by atoms with E-state index in [1.54, 1.807) is 6.08 Å². The lowest BCUT2D eigenvalue weighted by Crippen LogP contribution is -2.34. The monoisotopic (exact) mass is 315 g/mol. The quantitative estimate of drug-likeness (QED) is 0.883. The summed E-state index contributed by atoms with van der Waals surface area (Å²) in [6, 6.07) is 13.6. The van der Waals surface area contributed by atoms with Crippen LogP contribution in [0.5, 0.6) is 0 Å². The highest BCUT2D eigenvalue weighted by Crippen LogP contribution is 2.19. The first-order chi connectivity index (χ1) is 10.5. The van der Waals surface area contributed by atoms with Crippen molar-refractivity contribution in [3.8, 4) is 0 Å². The van der Waals surface area contributed by atoms with Crippen LogP contribution in [0, 0.1) is 0 Å². The van der Waals surface area contributed by atoms with Crippen LogP contribution in [0.3, 0.4) is 0 Å². The van der Waals surface area contributed by atoms with Crippen molar-refractivity contribution in [2.45, 2.75) is 12.5 Å². The lowest BCUT2D eigenvalue weighted by atomic mass is 10.0. The molecule has 1 atom stereocenters. The average molecular weight is 315 g/mol. The van der Waals surface area contributed by atoms with Gasteiger partial charge in [0.25, 0.3) is 0 Å². The van der Waals surface area contributed by atoms with E-state index < -0.39 is 9.84 Å². The lowest BCUT2D eigenvalue weighted by molar-refractivity contribution is -0.116. The topological polar surface area (TPSA) is 63.2 Å². The van der Waals surface area contributed by atoms with Crippen molar-refractivity contribution < 1.29 is 13.2 Å². The standard InChI is InChI=1S/C17H17NO3S/c19-17(18-15-10-11-22(20,21)12-15)9-8-14-6-3-5-13-4-1-2-7-16(13)14/h1-9,15H,10-12H2,(H,18,19)/b9-8+. The molecule has 3 rings (SSSR count). The first kappa shape index (κ1) is 14.8. The van der Waals surface area contributed by atoms with Gasteiger partial charge in [0.05, 0.1) is 11.5 Å². The highest BCUT2D eigenvalue weighted by Gasteiger charge is 2.28. The Morgan fingerprint density at radius 3 is 2.68 bits per heavy atom. The largest absolute Gasteiger partial charge is 0.349 e. The van der Waals surface area contributed by atoms with E-state index in [0.29, 0.717) is 6.42 Å². The Bertz CT molecular complexity index is 835. The third-order valence-corrected chi connectivity index (χ3v) is 5.58. The summed E-state index contributed by atoms with van der Waals surface area (Å²) >= 11 is 0. The van der Waals surface area contributed by atoms with E-state index in [1.165, 1.54) is 6.08 Å². The molecule has 1 amide bonds. The average Bonchev–Trinajstić information content (AvgIpc) is 2.84. The van der Waals surface area contributed by atoms with Crippen molar-refractivity contribution in [1.29, 1.82) is 0 Å². The molecule has 5 heteroatoms. The normalized spacial score (nSPS) is 20.5. The van der Waals surface area contributed by atoms with Crippen LogP contribution in [0.2, 0.25) is 0 Å². The molecule has 22 heavy (non-hydrogen) atoms. The van der Waals surface area contributed by atoms with E-state index in [9.17, 15) is 13.2 Å². The summed E-state index contributed by atoms with van der Waals surface area (Å²) in [6.07, 6.45) is 3.73. The summed E-state index contributed by atoms with van der Waals surface area (Å²) in [7, 11) is -2.98. The van der Waals surface area contributed by atoms with Gasteiger partial charge in [-0.15, -0.1) is 0 Å². The summed E-state index contributed by atoms with van der Waals surface area (Å²) in [5.41, 5.74) is 0.965. The van der Waals surface area contributed by atoms with Crippen LogP contribution in [0.25, 0.3) is 16.8 Å². The first-order valence-corrected chi connectivity index (χ1v) is 9.02. The van der Waals surface area contributed by atoms with E-state index in [4.69, 9.17) is 0 Å². The second-order valence-corrected chi connectivity index (χ2v) is 7.74. The van der Waals surface area contributed by atoms with Crippen molar-refractivity contribution in [2.75, 3.05) is 11.5 Å². The summed E-state index contributed by atoms with van der Waals surface area (Å²) in [5, 5.41) is 4.95. The Balaban J connectivity index is 1.72. The molecule has 1 fully saturated rings. The van der Waals surface area contributed by atoms with Crippen LogP contribution in [0.4, 0.5) is 0 Å². The zero-order chi connectivity index (χ0) is 15.6. The Morgan fingerprint density at radius 1 is 1.14 bits per heavy atom. The van der Waals surface area contributed by atoms with Crippen LogP contribution >= 0.6 is 0 Å². The van der Waals surface area contributed by atoms with Gasteiger partial charge in [-0.2, -0.15) is 0 Å². The summed E-state index contributed by atoms with van der Waals surface area (Å²) in [4.78, 5) is 11.9. The number of fused-ring (bicyclic) bond motifs is 1. The molecule has 0 aliphatic carbocycles. The molecule has 0 saturated carbocycles. The molecule has 1 saturated heterocycles. The van der Waals surface area contributed by atoms with Crippen molar-refractivity contribution >= 4 is 32.6 Å². The molecule has 1 aliphatic rings. The highest BCUT2D eigenvalue weighted by atomic mass is 32.2. The zero-order valence-electron chi connectivity index (χ0n) is 12.0. The predicted octanol–water partition coefficient (Wildman–Crippen LogP) is 2.16. The lowest BCUT2D eigenvalue weighted by Gasteiger charge is -2.08. The molecule has 2 aromatic rings. The van der Waals surface area contributed by atoms with Gasteiger partial charge >= 0.3 is 0 Å². The Morgan fingerprint density at radius 2 is 1.91 bits per heavy atom. The Kier molecular flexibility index (Phi) is 3.98. The first-order valence-electron chi connectivity index (χ1n) is 7.20. The van der Waals surface area contributed by atoms with E-state index in [1.807, 2.05) is 42.5 Å². The van der Waals surface area contributed by atoms with Crippen LogP contribution in [0.15, 0.2) is 48.5 Å². The number of amides is 1. The van der Waals surface area contributed by atoms with E-state index in [2.05, 4.69) is 5.32 Å². The molecule has 0 aromatic heterocycles. The molecule has 0 bridgehead atoms. The number of nitrogens with one attached hydrogen (secondary N) is 1. The molecule has 4 nitrogen and oxygen atoms in total. The van der Waals surface area contributed by atoms with Crippen LogP contribution < -0.4 is 5.32 Å². The molecule has 1 unspecified atom stereocenters. The maximum atomic E-state index is 11.9. The van der Waals surface area contributed by atoms with Gasteiger partial charge in [-0.1, -0.05) is 42.5 Å². The molecule has 114 valence electrons. The number of rotatable bonds is 3. The Hall–Kier alpha value is -2.14. The van der Waals surface area contributed by atoms with Gasteiger partial charge in [0.15, 0.2) is 9.84 Å². The Labute approximate surface area is 129 Å². The number of hydrogen-bond donors (Lipinski definition) is 1. The maximum Gasteiger partial charge on any atom is 0.244 e. The molecule has 2 aromatic carbocycles. The molecule has 1 heterocycles. The van der Waals surface area contributed by atoms with Gasteiger partial charge in [-0.05, 0) is 28.8 Å². The number of benzene rings is 2. The van der Waals surface area contributed by atoms with Crippen molar-refractivity contribution in [3.63, 3.8) is 0 Å². The highest BCUT2D eigenvalue weighted by molar-refractivity contribution is 7.91. The summed E-state index contributed by atoms with van der Waals surface area (Å²) < 4.78 is 22.8. The number of sulfone groups is 1. The molecule has 0 spiro atoms. The molecule has 1 aliphatic heterocycles. The van der Waals surface area contributed by atoms with Gasteiger partial charge in [0.1, 0.15) is 0 Å². The van der Waals surface area contributed by atoms with Gasteiger partial charge in [0, 0.05) is 12.1 Å². The predicted molar refractivity (Wildman–Crippen MR) is 88.2 cm³/mol. The second-order valence-electron chi connectivity index (χ2n) is 5.51. The fraction of sp³-hybridized carbons (Fsp3) is 0.235.